The van der Waals surface area contributed by atoms with Gasteiger partial charge in [0.25, 0.3) is 0 Å². The van der Waals surface area contributed by atoms with Crippen LogP contribution in [-0.4, -0.2) is 112 Å². The molecule has 6 aliphatic heterocycles. The van der Waals surface area contributed by atoms with Crippen molar-refractivity contribution in [1.29, 1.82) is 0 Å². The van der Waals surface area contributed by atoms with Crippen LogP contribution in [0.25, 0.3) is 0 Å². The van der Waals surface area contributed by atoms with Crippen molar-refractivity contribution in [1.82, 2.24) is 4.72 Å². The molecule has 6 rings (SSSR count). The van der Waals surface area contributed by atoms with Crippen molar-refractivity contribution in [2.75, 3.05) is 26.4 Å². The molecule has 0 aromatic heterocycles. The van der Waals surface area contributed by atoms with E-state index in [9.17, 15) is 13.2 Å². The lowest BCUT2D eigenvalue weighted by atomic mass is 9.97. The van der Waals surface area contributed by atoms with E-state index in [2.05, 4.69) is 0 Å². The van der Waals surface area contributed by atoms with Crippen LogP contribution in [-0.2, 0) is 66.6 Å². The maximum atomic E-state index is 12.8. The molecule has 0 bridgehead atoms. The van der Waals surface area contributed by atoms with Crippen LogP contribution in [0, 0.1) is 0 Å². The van der Waals surface area contributed by atoms with Crippen molar-refractivity contribution < 1.29 is 69.5 Å². The lowest BCUT2D eigenvalue weighted by Crippen LogP contribution is -2.61. The topological polar surface area (TPSA) is 174 Å². The Labute approximate surface area is 244 Å². The van der Waals surface area contributed by atoms with Gasteiger partial charge in [0.1, 0.15) is 43.2 Å². The van der Waals surface area contributed by atoms with Crippen LogP contribution in [0.2, 0.25) is 0 Å². The third-order valence-corrected chi connectivity index (χ3v) is 8.42. The van der Waals surface area contributed by atoms with Crippen LogP contribution in [0.15, 0.2) is 0 Å². The zero-order valence-electron chi connectivity index (χ0n) is 24.8. The minimum atomic E-state index is -4.71. The molecule has 0 radical (unpaired) electrons. The minimum Gasteiger partial charge on any atom is -0.443 e. The number of fused-ring (bicyclic) bond motifs is 6. The van der Waals surface area contributed by atoms with Crippen molar-refractivity contribution in [2.45, 2.75) is 127 Å². The van der Waals surface area contributed by atoms with Crippen LogP contribution >= 0.6 is 0 Å². The first-order valence-electron chi connectivity index (χ1n) is 13.8. The molecular weight excluding hydrogens is 586 g/mol. The first-order chi connectivity index (χ1) is 19.2. The maximum Gasteiger partial charge on any atom is 0.422 e. The van der Waals surface area contributed by atoms with Gasteiger partial charge in [0.2, 0.25) is 11.6 Å². The molecule has 0 aromatic rings. The molecule has 42 heavy (non-hydrogen) atoms. The summed E-state index contributed by atoms with van der Waals surface area (Å²) in [5.74, 6) is -7.26. The van der Waals surface area contributed by atoms with Crippen molar-refractivity contribution >= 4 is 16.4 Å². The Hall–Kier alpha value is -1.22. The lowest BCUT2D eigenvalue weighted by molar-refractivity contribution is -0.293. The molecule has 0 unspecified atom stereocenters. The Morgan fingerprint density at radius 2 is 1.14 bits per heavy atom. The number of carbonyl (C=O) groups excluding carboxylic acids is 1. The van der Waals surface area contributed by atoms with E-state index in [1.807, 2.05) is 0 Å². The normalized spacial score (nSPS) is 44.1. The Balaban J connectivity index is 1.09. The second kappa shape index (κ2) is 9.64. The van der Waals surface area contributed by atoms with Gasteiger partial charge in [-0.3, -0.25) is 0 Å². The first kappa shape index (κ1) is 30.8. The summed E-state index contributed by atoms with van der Waals surface area (Å²) < 4.78 is 97.4. The fourth-order valence-electron chi connectivity index (χ4n) is 6.38. The standard InChI is InChI=1S/C25H39NO15S/c1-20(2)34-13-9-31-24(17(15(13)36-20)38-22(5,6)40-24)11-30-19(27)26-42(28,29)33-12-25-18(39-23(7,8)41-25)16-14(10-32-25)35-21(3,4)37-16/h13-18H,9-12H2,1-8H3,(H,26,27)/t13-,14-,15-,16-,17+,18+,24+,25+/m1/s1. The van der Waals surface area contributed by atoms with E-state index < -0.39 is 101 Å². The molecule has 0 spiro atoms. The molecule has 6 heterocycles. The molecule has 1 N–H and O–H groups in total. The quantitative estimate of drug-likeness (QED) is 0.438. The van der Waals surface area contributed by atoms with Gasteiger partial charge >= 0.3 is 16.4 Å². The summed E-state index contributed by atoms with van der Waals surface area (Å²) >= 11 is 0. The lowest BCUT2D eigenvalue weighted by Gasteiger charge is -2.40. The summed E-state index contributed by atoms with van der Waals surface area (Å²) in [7, 11) is -4.71. The van der Waals surface area contributed by atoms with E-state index in [0.29, 0.717) is 0 Å². The first-order valence-corrected chi connectivity index (χ1v) is 15.2. The number of rotatable bonds is 6. The van der Waals surface area contributed by atoms with Crippen molar-refractivity contribution in [3.63, 3.8) is 0 Å². The summed E-state index contributed by atoms with van der Waals surface area (Å²) in [4.78, 5) is 12.7. The molecule has 6 saturated heterocycles. The van der Waals surface area contributed by atoms with Gasteiger partial charge in [-0.25, -0.2) is 8.98 Å². The Morgan fingerprint density at radius 3 is 1.62 bits per heavy atom. The average molecular weight is 626 g/mol. The second-order valence-electron chi connectivity index (χ2n) is 13.0. The van der Waals surface area contributed by atoms with E-state index in [4.69, 9.17) is 56.3 Å². The third-order valence-electron chi connectivity index (χ3n) is 7.58. The van der Waals surface area contributed by atoms with Gasteiger partial charge in [0.05, 0.1) is 13.2 Å². The van der Waals surface area contributed by atoms with E-state index >= 15 is 0 Å². The predicted octanol–water partition coefficient (Wildman–Crippen LogP) is 0.770. The summed E-state index contributed by atoms with van der Waals surface area (Å²) in [5, 5.41) is 0. The molecular formula is C25H39NO15S. The molecule has 6 fully saturated rings. The van der Waals surface area contributed by atoms with Gasteiger partial charge in [-0.05, 0) is 55.4 Å². The van der Waals surface area contributed by atoms with Crippen LogP contribution in [0.3, 0.4) is 0 Å². The van der Waals surface area contributed by atoms with Gasteiger partial charge in [0.15, 0.2) is 29.8 Å². The number of nitrogens with one attached hydrogen (secondary N) is 1. The average Bonchev–Trinajstić information content (AvgIpc) is 3.50. The summed E-state index contributed by atoms with van der Waals surface area (Å²) in [6.45, 7) is 12.6. The highest BCUT2D eigenvalue weighted by Gasteiger charge is 2.67. The highest BCUT2D eigenvalue weighted by Crippen LogP contribution is 2.49. The van der Waals surface area contributed by atoms with Gasteiger partial charge in [-0.1, -0.05) is 0 Å². The molecule has 0 aromatic carbocycles. The number of carbonyl (C=O) groups is 1. The van der Waals surface area contributed by atoms with E-state index in [1.54, 1.807) is 60.1 Å². The number of hydrogen-bond donors (Lipinski definition) is 1. The summed E-state index contributed by atoms with van der Waals surface area (Å²) in [6, 6.07) is 0. The molecule has 6 aliphatic rings. The monoisotopic (exact) mass is 625 g/mol. The van der Waals surface area contributed by atoms with Crippen LogP contribution < -0.4 is 4.72 Å². The van der Waals surface area contributed by atoms with Crippen LogP contribution in [0.4, 0.5) is 4.79 Å². The zero-order chi connectivity index (χ0) is 30.6. The fourth-order valence-corrected chi connectivity index (χ4v) is 7.02. The molecule has 0 saturated carbocycles. The van der Waals surface area contributed by atoms with Gasteiger partial charge in [-0.15, -0.1) is 0 Å². The van der Waals surface area contributed by atoms with Crippen molar-refractivity contribution in [3.05, 3.63) is 0 Å². The Kier molecular flexibility index (Phi) is 7.07. The summed E-state index contributed by atoms with van der Waals surface area (Å²) in [5.41, 5.74) is 0. The van der Waals surface area contributed by atoms with E-state index in [0.717, 1.165) is 0 Å². The maximum absolute atomic E-state index is 12.8. The largest absolute Gasteiger partial charge is 0.443 e. The van der Waals surface area contributed by atoms with Crippen LogP contribution in [0.1, 0.15) is 55.4 Å². The predicted molar refractivity (Wildman–Crippen MR) is 134 cm³/mol. The van der Waals surface area contributed by atoms with Gasteiger partial charge < -0.3 is 52.1 Å². The highest BCUT2D eigenvalue weighted by atomic mass is 32.2. The SMILES string of the molecule is CC1(C)O[C@@H]2[C@@H](CO[C@@]3(COC(=O)NS(=O)(=O)OC[C@@]45OC[C@H]6OC(C)(C)O[C@H]6[C@@H]4OC(C)(C)O5)OC(C)(C)O[C@@H]23)O1. The molecule has 17 heteroatoms. The summed E-state index contributed by atoms with van der Waals surface area (Å²) in [6.07, 6.45) is -5.12. The zero-order valence-corrected chi connectivity index (χ0v) is 25.6. The minimum absolute atomic E-state index is 0.0401. The Bertz CT molecular complexity index is 1210. The van der Waals surface area contributed by atoms with E-state index in [-0.39, 0.29) is 13.2 Å². The highest BCUT2D eigenvalue weighted by molar-refractivity contribution is 7.85. The number of ether oxygens (including phenoxy) is 11. The third kappa shape index (κ3) is 5.67. The molecule has 8 atom stereocenters. The molecule has 1 amide bonds. The van der Waals surface area contributed by atoms with Crippen molar-refractivity contribution in [2.24, 2.45) is 0 Å². The van der Waals surface area contributed by atoms with Crippen molar-refractivity contribution in [3.8, 4) is 0 Å². The molecule has 16 nitrogen and oxygen atoms in total. The second-order valence-corrected chi connectivity index (χ2v) is 14.3. The Morgan fingerprint density at radius 1 is 0.690 bits per heavy atom. The van der Waals surface area contributed by atoms with E-state index in [1.165, 1.54) is 0 Å². The molecule has 240 valence electrons. The molecule has 0 aliphatic carbocycles. The van der Waals surface area contributed by atoms with Gasteiger partial charge in [0, 0.05) is 0 Å². The van der Waals surface area contributed by atoms with Crippen LogP contribution in [0.5, 0.6) is 0 Å². The number of hydrogen-bond acceptors (Lipinski definition) is 15. The van der Waals surface area contributed by atoms with Gasteiger partial charge in [-0.2, -0.15) is 13.1 Å². The number of amides is 1. The smallest absolute Gasteiger partial charge is 0.422 e. The fraction of sp³-hybridized carbons (Fsp3) is 0.960.